The van der Waals surface area contributed by atoms with Crippen molar-refractivity contribution in [1.29, 1.82) is 0 Å². The molecule has 0 aliphatic rings. The summed E-state index contributed by atoms with van der Waals surface area (Å²) in [6.45, 7) is 0.426. The van der Waals surface area contributed by atoms with Crippen LogP contribution < -0.4 is 10.1 Å². The number of ether oxygens (including phenoxy) is 1. The number of thiazole rings is 1. The number of methoxy groups -OCH3 is 1. The molecule has 1 N–H and O–H groups in total. The van der Waals surface area contributed by atoms with Gasteiger partial charge in [0.2, 0.25) is 0 Å². The first kappa shape index (κ1) is 14.6. The quantitative estimate of drug-likeness (QED) is 0.621. The largest absolute Gasteiger partial charge is 0.497 e. The minimum absolute atomic E-state index is 0.198. The van der Waals surface area contributed by atoms with Gasteiger partial charge in [0, 0.05) is 25.1 Å². The van der Waals surface area contributed by atoms with Crippen LogP contribution in [0.4, 0.5) is 0 Å². The molecule has 0 aliphatic heterocycles. The third-order valence-electron chi connectivity index (χ3n) is 3.71. The number of benzene rings is 1. The number of hydrogen-bond donors (Lipinski definition) is 1. The van der Waals surface area contributed by atoms with E-state index in [9.17, 15) is 4.79 Å². The molecule has 0 unspecified atom stereocenters. The Bertz CT molecular complexity index is 1020. The number of carbonyl (C=O) groups excluding carboxylic acids is 1. The molecule has 1 aromatic carbocycles. The van der Waals surface area contributed by atoms with Gasteiger partial charge >= 0.3 is 0 Å². The lowest BCUT2D eigenvalue weighted by atomic mass is 10.3. The number of carbonyl (C=O) groups is 1. The predicted octanol–water partition coefficient (Wildman–Crippen LogP) is 2.88. The molecule has 0 aliphatic carbocycles. The highest BCUT2D eigenvalue weighted by Crippen LogP contribution is 2.29. The van der Waals surface area contributed by atoms with Crippen LogP contribution in [0.3, 0.4) is 0 Å². The van der Waals surface area contributed by atoms with E-state index < -0.39 is 0 Å². The van der Waals surface area contributed by atoms with Crippen LogP contribution in [0.15, 0.2) is 48.9 Å². The number of fused-ring (bicyclic) bond motifs is 3. The molecule has 3 aromatic heterocycles. The molecular weight excluding hydrogens is 324 g/mol. The maximum Gasteiger partial charge on any atom is 0.271 e. The molecule has 3 heterocycles. The lowest BCUT2D eigenvalue weighted by Gasteiger charge is -2.02. The van der Waals surface area contributed by atoms with Gasteiger partial charge in [-0.15, -0.1) is 0 Å². The Balaban J connectivity index is 1.59. The third-order valence-corrected chi connectivity index (χ3v) is 4.73. The summed E-state index contributed by atoms with van der Waals surface area (Å²) in [7, 11) is 1.64. The monoisotopic (exact) mass is 338 g/mol. The summed E-state index contributed by atoms with van der Waals surface area (Å²) in [6, 6.07) is 9.60. The minimum Gasteiger partial charge on any atom is -0.497 e. The van der Waals surface area contributed by atoms with Crippen molar-refractivity contribution in [2.45, 2.75) is 6.54 Å². The standard InChI is InChI=1S/C17H14N4O2S/c1-23-12-4-5-14-15(7-12)24-17-20-13(10-21(14)17)16(22)19-9-11-3-2-6-18-8-11/h2-8,10H,9H2,1H3,(H,19,22). The zero-order valence-corrected chi connectivity index (χ0v) is 13.7. The highest BCUT2D eigenvalue weighted by atomic mass is 32.1. The van der Waals surface area contributed by atoms with Gasteiger partial charge in [0.1, 0.15) is 11.4 Å². The van der Waals surface area contributed by atoms with Crippen molar-refractivity contribution in [3.8, 4) is 5.75 Å². The van der Waals surface area contributed by atoms with Crippen molar-refractivity contribution in [2.24, 2.45) is 0 Å². The molecule has 0 bridgehead atoms. The van der Waals surface area contributed by atoms with Gasteiger partial charge in [-0.05, 0) is 29.8 Å². The van der Waals surface area contributed by atoms with Crippen molar-refractivity contribution >= 4 is 32.4 Å². The van der Waals surface area contributed by atoms with Crippen LogP contribution in [0.5, 0.6) is 5.75 Å². The lowest BCUT2D eigenvalue weighted by molar-refractivity contribution is 0.0946. The van der Waals surface area contributed by atoms with Crippen LogP contribution in [0, 0.1) is 0 Å². The molecule has 0 spiro atoms. The van der Waals surface area contributed by atoms with Gasteiger partial charge in [-0.2, -0.15) is 0 Å². The highest BCUT2D eigenvalue weighted by molar-refractivity contribution is 7.23. The van der Waals surface area contributed by atoms with E-state index in [2.05, 4.69) is 15.3 Å². The second-order valence-corrected chi connectivity index (χ2v) is 6.27. The predicted molar refractivity (Wildman–Crippen MR) is 92.5 cm³/mol. The molecule has 0 saturated heterocycles. The molecule has 4 aromatic rings. The fourth-order valence-corrected chi connectivity index (χ4v) is 3.53. The Hall–Kier alpha value is -2.93. The summed E-state index contributed by atoms with van der Waals surface area (Å²) in [5.74, 6) is 0.609. The lowest BCUT2D eigenvalue weighted by Crippen LogP contribution is -2.23. The normalized spacial score (nSPS) is 11.0. The van der Waals surface area contributed by atoms with E-state index in [1.165, 1.54) is 11.3 Å². The molecule has 4 rings (SSSR count). The van der Waals surface area contributed by atoms with E-state index in [1.54, 1.807) is 25.7 Å². The van der Waals surface area contributed by atoms with Crippen LogP contribution in [-0.4, -0.2) is 27.4 Å². The average Bonchev–Trinajstić information content (AvgIpc) is 3.17. The number of amides is 1. The summed E-state index contributed by atoms with van der Waals surface area (Å²) >= 11 is 1.53. The Kier molecular flexibility index (Phi) is 3.62. The van der Waals surface area contributed by atoms with Crippen LogP contribution in [-0.2, 0) is 6.54 Å². The SMILES string of the molecule is COc1ccc2c(c1)sc1nc(C(=O)NCc3cccnc3)cn12. The number of hydrogen-bond acceptors (Lipinski definition) is 5. The topological polar surface area (TPSA) is 68.5 Å². The fraction of sp³-hybridized carbons (Fsp3) is 0.118. The minimum atomic E-state index is -0.198. The first-order valence-corrected chi connectivity index (χ1v) is 8.19. The van der Waals surface area contributed by atoms with E-state index in [-0.39, 0.29) is 5.91 Å². The fourth-order valence-electron chi connectivity index (χ4n) is 2.49. The van der Waals surface area contributed by atoms with Crippen molar-refractivity contribution in [3.63, 3.8) is 0 Å². The van der Waals surface area contributed by atoms with Crippen LogP contribution in [0.2, 0.25) is 0 Å². The third kappa shape index (κ3) is 2.59. The number of pyridine rings is 1. The zero-order valence-electron chi connectivity index (χ0n) is 12.9. The van der Waals surface area contributed by atoms with E-state index in [0.29, 0.717) is 12.2 Å². The van der Waals surface area contributed by atoms with E-state index >= 15 is 0 Å². The van der Waals surface area contributed by atoms with Crippen molar-refractivity contribution in [2.75, 3.05) is 7.11 Å². The van der Waals surface area contributed by atoms with Gasteiger partial charge in [0.25, 0.3) is 5.91 Å². The first-order chi connectivity index (χ1) is 11.7. The summed E-state index contributed by atoms with van der Waals surface area (Å²) in [6.07, 6.45) is 5.20. The Morgan fingerprint density at radius 2 is 2.29 bits per heavy atom. The molecule has 24 heavy (non-hydrogen) atoms. The molecule has 7 heteroatoms. The van der Waals surface area contributed by atoms with Crippen molar-refractivity contribution < 1.29 is 9.53 Å². The van der Waals surface area contributed by atoms with Crippen molar-refractivity contribution in [3.05, 3.63) is 60.2 Å². The number of nitrogens with one attached hydrogen (secondary N) is 1. The second kappa shape index (κ2) is 5.93. The first-order valence-electron chi connectivity index (χ1n) is 7.37. The number of nitrogens with zero attached hydrogens (tertiary/aromatic N) is 3. The van der Waals surface area contributed by atoms with E-state index in [4.69, 9.17) is 4.74 Å². The Labute approximate surface area is 141 Å². The Morgan fingerprint density at radius 3 is 3.08 bits per heavy atom. The molecule has 0 atom stereocenters. The van der Waals surface area contributed by atoms with Gasteiger partial charge in [-0.1, -0.05) is 17.4 Å². The summed E-state index contributed by atoms with van der Waals surface area (Å²) < 4.78 is 8.24. The second-order valence-electron chi connectivity index (χ2n) is 5.26. The van der Waals surface area contributed by atoms with Crippen LogP contribution >= 0.6 is 11.3 Å². The molecule has 0 radical (unpaired) electrons. The van der Waals surface area contributed by atoms with Gasteiger partial charge in [0.05, 0.1) is 17.3 Å². The van der Waals surface area contributed by atoms with Crippen LogP contribution in [0.25, 0.3) is 15.2 Å². The molecule has 0 saturated carbocycles. The maximum absolute atomic E-state index is 12.3. The molecule has 6 nitrogen and oxygen atoms in total. The number of rotatable bonds is 4. The maximum atomic E-state index is 12.3. The van der Waals surface area contributed by atoms with Gasteiger partial charge < -0.3 is 10.1 Å². The van der Waals surface area contributed by atoms with Gasteiger partial charge in [-0.3, -0.25) is 14.2 Å². The van der Waals surface area contributed by atoms with Crippen molar-refractivity contribution in [1.82, 2.24) is 19.7 Å². The molecule has 1 amide bonds. The summed E-state index contributed by atoms with van der Waals surface area (Å²) in [5.41, 5.74) is 2.36. The van der Waals surface area contributed by atoms with Crippen LogP contribution in [0.1, 0.15) is 16.1 Å². The zero-order chi connectivity index (χ0) is 16.5. The molecule has 0 fully saturated rings. The average molecular weight is 338 g/mol. The van der Waals surface area contributed by atoms with E-state index in [0.717, 1.165) is 26.5 Å². The smallest absolute Gasteiger partial charge is 0.271 e. The van der Waals surface area contributed by atoms with Gasteiger partial charge in [0.15, 0.2) is 4.96 Å². The number of aromatic nitrogens is 3. The summed E-state index contributed by atoms with van der Waals surface area (Å²) in [5, 5.41) is 2.86. The molecule has 120 valence electrons. The summed E-state index contributed by atoms with van der Waals surface area (Å²) in [4.78, 5) is 21.5. The van der Waals surface area contributed by atoms with E-state index in [1.807, 2.05) is 34.7 Å². The number of imidazole rings is 1. The van der Waals surface area contributed by atoms with Gasteiger partial charge in [-0.25, -0.2) is 4.98 Å². The molecular formula is C17H14N4O2S. The Morgan fingerprint density at radius 1 is 1.38 bits per heavy atom. The highest BCUT2D eigenvalue weighted by Gasteiger charge is 2.14.